The number of carboxylic acid groups (broad SMARTS) is 2. The molecule has 0 amide bonds. The average molecular weight is 830 g/mol. The van der Waals surface area contributed by atoms with E-state index in [9.17, 15) is 19.8 Å². The van der Waals surface area contributed by atoms with Crippen LogP contribution in [-0.4, -0.2) is 132 Å². The van der Waals surface area contributed by atoms with Crippen molar-refractivity contribution in [2.45, 2.75) is 26.2 Å². The minimum atomic E-state index is -0.868. The van der Waals surface area contributed by atoms with Gasteiger partial charge in [-0.1, -0.05) is 41.6 Å². The van der Waals surface area contributed by atoms with Crippen molar-refractivity contribution in [3.8, 4) is 22.5 Å². The Morgan fingerprint density at radius 2 is 1.24 bits per heavy atom. The van der Waals surface area contributed by atoms with Crippen molar-refractivity contribution in [1.29, 1.82) is 0 Å². The van der Waals surface area contributed by atoms with Gasteiger partial charge in [0.15, 0.2) is 0 Å². The van der Waals surface area contributed by atoms with E-state index in [1.807, 2.05) is 50.9 Å². The molecule has 6 bridgehead atoms. The summed E-state index contributed by atoms with van der Waals surface area (Å²) in [5.74, 6) is -1.74. The number of hydrogen-bond acceptors (Lipinski definition) is 11. The number of hydrogen-bond donors (Lipinski definition) is 3. The number of nitrogens with zero attached hydrogens (tertiary/aromatic N) is 9. The van der Waals surface area contributed by atoms with Gasteiger partial charge in [-0.05, 0) is 35.4 Å². The van der Waals surface area contributed by atoms with E-state index in [1.165, 1.54) is 0 Å². The Kier molecular flexibility index (Phi) is 13.2. The van der Waals surface area contributed by atoms with E-state index in [0.717, 1.165) is 33.9 Å². The molecule has 0 aliphatic carbocycles. The van der Waals surface area contributed by atoms with Crippen LogP contribution in [0.15, 0.2) is 60.7 Å². The number of pyridine rings is 2. The molecule has 0 saturated carbocycles. The molecule has 15 heteroatoms. The molecule has 14 nitrogen and oxygen atoms in total. The quantitative estimate of drug-likeness (QED) is 0.255. The van der Waals surface area contributed by atoms with Crippen molar-refractivity contribution in [2.24, 2.45) is 5.73 Å². The van der Waals surface area contributed by atoms with Gasteiger partial charge in [0.1, 0.15) is 11.4 Å². The third kappa shape index (κ3) is 10.1. The zero-order valence-electron chi connectivity index (χ0n) is 27.2. The van der Waals surface area contributed by atoms with Gasteiger partial charge in [0, 0.05) is 109 Å². The molecular formula is C34H42LuN10O4. The number of nitrogens with two attached hydrogens (primary N) is 1. The van der Waals surface area contributed by atoms with Gasteiger partial charge in [0.25, 0.3) is 0 Å². The van der Waals surface area contributed by atoms with Gasteiger partial charge in [-0.2, -0.15) is 0 Å². The molecule has 0 atom stereocenters. The maximum Gasteiger partial charge on any atom is 0.317 e. The first-order valence-corrected chi connectivity index (χ1v) is 16.3. The normalized spacial score (nSPS) is 19.3. The summed E-state index contributed by atoms with van der Waals surface area (Å²) >= 11 is 0. The van der Waals surface area contributed by atoms with E-state index >= 15 is 0 Å². The molecule has 4 N–H and O–H groups in total. The number of carbonyl (C=O) groups is 2. The second-order valence-corrected chi connectivity index (χ2v) is 12.4. The third-order valence-corrected chi connectivity index (χ3v) is 8.82. The van der Waals surface area contributed by atoms with Gasteiger partial charge in [-0.3, -0.25) is 34.2 Å². The topological polar surface area (TPSA) is 170 Å². The number of aromatic nitrogens is 5. The van der Waals surface area contributed by atoms with Crippen molar-refractivity contribution in [3.05, 3.63) is 83.4 Å². The fourth-order valence-electron chi connectivity index (χ4n) is 6.39. The minimum absolute atomic E-state index is 0. The van der Waals surface area contributed by atoms with Crippen LogP contribution in [0.4, 0.5) is 0 Å². The van der Waals surface area contributed by atoms with Gasteiger partial charge in [0.05, 0.1) is 42.4 Å². The molecule has 3 aromatic heterocycles. The Hall–Kier alpha value is -3.37. The summed E-state index contributed by atoms with van der Waals surface area (Å²) in [4.78, 5) is 42.3. The molecule has 3 aliphatic heterocycles. The Morgan fingerprint density at radius 1 is 0.673 bits per heavy atom. The fraction of sp³-hybridized carbons (Fsp3) is 0.412. The van der Waals surface area contributed by atoms with E-state index in [1.54, 1.807) is 0 Å². The van der Waals surface area contributed by atoms with E-state index in [-0.39, 0.29) is 56.5 Å². The zero-order valence-corrected chi connectivity index (χ0v) is 28.9. The first-order valence-electron chi connectivity index (χ1n) is 16.3. The zero-order chi connectivity index (χ0) is 33.5. The Bertz CT molecular complexity index is 1690. The molecular weight excluding hydrogens is 787 g/mol. The molecule has 4 aromatic rings. The number of aliphatic carboxylic acids is 2. The van der Waals surface area contributed by atoms with Crippen molar-refractivity contribution >= 4 is 11.9 Å². The third-order valence-electron chi connectivity index (χ3n) is 8.82. The predicted molar refractivity (Wildman–Crippen MR) is 179 cm³/mol. The molecule has 1 fully saturated rings. The average Bonchev–Trinajstić information content (AvgIpc) is 3.48. The van der Waals surface area contributed by atoms with E-state index in [4.69, 9.17) is 15.7 Å². The number of carboxylic acids is 2. The van der Waals surface area contributed by atoms with Crippen molar-refractivity contribution < 1.29 is 56.7 Å². The van der Waals surface area contributed by atoms with Crippen LogP contribution in [0.3, 0.4) is 0 Å². The van der Waals surface area contributed by atoms with E-state index in [2.05, 4.69) is 44.4 Å². The second-order valence-electron chi connectivity index (χ2n) is 12.4. The standard InChI is InChI=1S/C34H42N10O4.Lu/c35-19-31-34-30-8-4-7-27(37-30)20-40-9-13-42(23-32(45)46)15-11-41(12-16-43(14-10-40)24-33(47)48)21-28-17-26(25-5-2-1-3-6-25)18-29(36-28)22-44(34)39-38-31;/h1-8,17-18H,9-16,19-24,35H2,(H,45,46)(H,47,48);. The molecule has 1 radical (unpaired) electrons. The number of fused-ring (bicyclic) bond motifs is 8. The van der Waals surface area contributed by atoms with Crippen LogP contribution in [0, 0.1) is 36.9 Å². The van der Waals surface area contributed by atoms with Crippen LogP contribution in [-0.2, 0) is 35.8 Å². The number of rotatable bonds is 6. The molecule has 6 heterocycles. The maximum atomic E-state index is 11.9. The summed E-state index contributed by atoms with van der Waals surface area (Å²) in [5, 5.41) is 28.4. The summed E-state index contributed by atoms with van der Waals surface area (Å²) in [6, 6.07) is 20.1. The summed E-state index contributed by atoms with van der Waals surface area (Å²) in [5.41, 5.74) is 12.8. The Morgan fingerprint density at radius 3 is 1.82 bits per heavy atom. The van der Waals surface area contributed by atoms with Gasteiger partial charge >= 0.3 is 11.9 Å². The Labute approximate surface area is 314 Å². The Balaban J connectivity index is 0.00000468. The molecule has 49 heavy (non-hydrogen) atoms. The maximum absolute atomic E-state index is 11.9. The van der Waals surface area contributed by atoms with Gasteiger partial charge in [-0.25, -0.2) is 9.67 Å². The summed E-state index contributed by atoms with van der Waals surface area (Å²) < 4.78 is 1.82. The molecule has 3 aliphatic rings. The van der Waals surface area contributed by atoms with Gasteiger partial charge in [-0.15, -0.1) is 5.10 Å². The van der Waals surface area contributed by atoms with Crippen molar-refractivity contribution in [3.63, 3.8) is 0 Å². The van der Waals surface area contributed by atoms with Gasteiger partial charge < -0.3 is 15.9 Å². The fourth-order valence-corrected chi connectivity index (χ4v) is 6.39. The first-order chi connectivity index (χ1) is 23.3. The molecule has 0 unspecified atom stereocenters. The second kappa shape index (κ2) is 17.5. The molecule has 267 valence electrons. The monoisotopic (exact) mass is 829 g/mol. The molecule has 1 aromatic carbocycles. The van der Waals surface area contributed by atoms with Crippen LogP contribution >= 0.6 is 0 Å². The van der Waals surface area contributed by atoms with Crippen LogP contribution in [0.2, 0.25) is 0 Å². The summed E-state index contributed by atoms with van der Waals surface area (Å²) in [7, 11) is 0. The van der Waals surface area contributed by atoms with Crippen LogP contribution in [0.25, 0.3) is 22.5 Å². The number of benzene rings is 1. The smallest absolute Gasteiger partial charge is 0.317 e. The van der Waals surface area contributed by atoms with E-state index < -0.39 is 11.9 Å². The van der Waals surface area contributed by atoms with Crippen molar-refractivity contribution in [2.75, 3.05) is 65.4 Å². The van der Waals surface area contributed by atoms with Crippen molar-refractivity contribution in [1.82, 2.24) is 44.6 Å². The van der Waals surface area contributed by atoms with Crippen LogP contribution < -0.4 is 5.73 Å². The SMILES string of the molecule is NCc1nnn2c1-c1cccc(n1)CN1CCN(CC(=O)O)CCN(CCN(CC(=O)O)CC1)Cc1cc(-c3ccccc3)cc(n1)C2.[Lu]. The molecule has 1 saturated heterocycles. The summed E-state index contributed by atoms with van der Waals surface area (Å²) in [6.07, 6.45) is 0. The predicted octanol–water partition coefficient (Wildman–Crippen LogP) is 1.31. The summed E-state index contributed by atoms with van der Waals surface area (Å²) in [6.45, 7) is 5.98. The van der Waals surface area contributed by atoms with Gasteiger partial charge in [0.2, 0.25) is 0 Å². The van der Waals surface area contributed by atoms with Crippen LogP contribution in [0.5, 0.6) is 0 Å². The van der Waals surface area contributed by atoms with E-state index in [0.29, 0.717) is 83.4 Å². The van der Waals surface area contributed by atoms with Crippen LogP contribution in [0.1, 0.15) is 22.8 Å². The first kappa shape index (κ1) is 36.9. The molecule has 0 spiro atoms. The largest absolute Gasteiger partial charge is 0.480 e. The molecule has 7 rings (SSSR count). The minimum Gasteiger partial charge on any atom is -0.480 e.